The smallest absolute Gasteiger partial charge is 0.409 e. The maximum atomic E-state index is 12.5. The SMILES string of the molecule is CCCCCCOCCOCCOCCN(C)C(=O)OCC1c2ccccc2-c2ccccc21. The molecule has 0 radical (unpaired) electrons. The van der Waals surface area contributed by atoms with Gasteiger partial charge in [-0.25, -0.2) is 4.79 Å². The van der Waals surface area contributed by atoms with Crippen LogP contribution in [0.3, 0.4) is 0 Å². The van der Waals surface area contributed by atoms with Crippen molar-refractivity contribution in [1.82, 2.24) is 4.90 Å². The molecule has 0 unspecified atom stereocenters. The maximum Gasteiger partial charge on any atom is 0.409 e. The van der Waals surface area contributed by atoms with Crippen LogP contribution in [0, 0.1) is 0 Å². The number of carbonyl (C=O) groups is 1. The quantitative estimate of drug-likeness (QED) is 0.304. The van der Waals surface area contributed by atoms with E-state index in [4.69, 9.17) is 18.9 Å². The van der Waals surface area contributed by atoms with Gasteiger partial charge in [0, 0.05) is 26.1 Å². The summed E-state index contributed by atoms with van der Waals surface area (Å²) in [4.78, 5) is 14.0. The summed E-state index contributed by atoms with van der Waals surface area (Å²) in [7, 11) is 1.73. The molecule has 1 aliphatic rings. The zero-order valence-corrected chi connectivity index (χ0v) is 20.7. The van der Waals surface area contributed by atoms with Crippen LogP contribution in [0.2, 0.25) is 0 Å². The molecule has 0 bridgehead atoms. The number of ether oxygens (including phenoxy) is 4. The summed E-state index contributed by atoms with van der Waals surface area (Å²) in [6.07, 6.45) is 4.53. The molecule has 34 heavy (non-hydrogen) atoms. The van der Waals surface area contributed by atoms with Gasteiger partial charge in [-0.05, 0) is 28.7 Å². The van der Waals surface area contributed by atoms with Crippen molar-refractivity contribution in [2.45, 2.75) is 38.5 Å². The highest BCUT2D eigenvalue weighted by Crippen LogP contribution is 2.44. The molecule has 6 heteroatoms. The van der Waals surface area contributed by atoms with Crippen molar-refractivity contribution in [3.63, 3.8) is 0 Å². The Morgan fingerprint density at radius 2 is 1.32 bits per heavy atom. The molecule has 0 aromatic heterocycles. The predicted octanol–water partition coefficient (Wildman–Crippen LogP) is 5.50. The molecule has 6 nitrogen and oxygen atoms in total. The van der Waals surface area contributed by atoms with Crippen molar-refractivity contribution in [2.75, 3.05) is 59.8 Å². The van der Waals surface area contributed by atoms with Crippen molar-refractivity contribution >= 4 is 6.09 Å². The number of benzene rings is 2. The molecule has 0 fully saturated rings. The van der Waals surface area contributed by atoms with E-state index in [0.717, 1.165) is 13.0 Å². The number of carbonyl (C=O) groups excluding carboxylic acids is 1. The van der Waals surface area contributed by atoms with Gasteiger partial charge >= 0.3 is 6.09 Å². The number of nitrogens with zero attached hydrogens (tertiary/aromatic N) is 1. The van der Waals surface area contributed by atoms with Crippen molar-refractivity contribution in [1.29, 1.82) is 0 Å². The van der Waals surface area contributed by atoms with Gasteiger partial charge in [0.05, 0.1) is 33.0 Å². The van der Waals surface area contributed by atoms with E-state index in [1.54, 1.807) is 11.9 Å². The fourth-order valence-corrected chi connectivity index (χ4v) is 4.17. The molecule has 0 spiro atoms. The minimum Gasteiger partial charge on any atom is -0.448 e. The first-order valence-corrected chi connectivity index (χ1v) is 12.5. The Hall–Kier alpha value is -2.41. The first-order valence-electron chi connectivity index (χ1n) is 12.5. The van der Waals surface area contributed by atoms with Crippen LogP contribution in [0.1, 0.15) is 49.7 Å². The van der Waals surface area contributed by atoms with Gasteiger partial charge in [-0.2, -0.15) is 0 Å². The van der Waals surface area contributed by atoms with Gasteiger partial charge in [-0.3, -0.25) is 0 Å². The number of fused-ring (bicyclic) bond motifs is 3. The number of amides is 1. The monoisotopic (exact) mass is 469 g/mol. The molecule has 0 heterocycles. The average molecular weight is 470 g/mol. The van der Waals surface area contributed by atoms with Gasteiger partial charge in [-0.15, -0.1) is 0 Å². The number of likely N-dealkylation sites (N-methyl/N-ethyl adjacent to an activating group) is 1. The molecule has 0 N–H and O–H groups in total. The first kappa shape index (κ1) is 26.2. The molecular formula is C28H39NO5. The van der Waals surface area contributed by atoms with E-state index >= 15 is 0 Å². The van der Waals surface area contributed by atoms with E-state index < -0.39 is 0 Å². The van der Waals surface area contributed by atoms with E-state index in [1.165, 1.54) is 41.5 Å². The summed E-state index contributed by atoms with van der Waals surface area (Å²) in [5, 5.41) is 0. The molecule has 0 atom stereocenters. The summed E-state index contributed by atoms with van der Waals surface area (Å²) >= 11 is 0. The molecule has 0 aliphatic heterocycles. The minimum absolute atomic E-state index is 0.0680. The van der Waals surface area contributed by atoms with Crippen molar-refractivity contribution in [3.8, 4) is 11.1 Å². The Bertz CT molecular complexity index is 826. The highest BCUT2D eigenvalue weighted by molar-refractivity contribution is 5.79. The molecule has 0 saturated heterocycles. The Labute approximate surface area is 204 Å². The van der Waals surface area contributed by atoms with E-state index in [9.17, 15) is 4.79 Å². The number of hydrogen-bond acceptors (Lipinski definition) is 5. The fourth-order valence-electron chi connectivity index (χ4n) is 4.17. The van der Waals surface area contributed by atoms with E-state index in [1.807, 2.05) is 24.3 Å². The van der Waals surface area contributed by atoms with Gasteiger partial charge in [0.1, 0.15) is 6.61 Å². The van der Waals surface area contributed by atoms with Crippen LogP contribution in [0.5, 0.6) is 0 Å². The zero-order valence-electron chi connectivity index (χ0n) is 20.7. The standard InChI is InChI=1S/C28H39NO5/c1-3-4-5-10-16-31-18-20-33-21-19-32-17-15-29(2)28(30)34-22-27-25-13-8-6-11-23(25)24-12-7-9-14-26(24)27/h6-9,11-14,27H,3-5,10,15-22H2,1-2H3. The molecule has 1 amide bonds. The highest BCUT2D eigenvalue weighted by Gasteiger charge is 2.29. The van der Waals surface area contributed by atoms with Crippen molar-refractivity contribution in [3.05, 3.63) is 59.7 Å². The second-order valence-electron chi connectivity index (χ2n) is 8.62. The predicted molar refractivity (Wildman–Crippen MR) is 134 cm³/mol. The van der Waals surface area contributed by atoms with Crippen LogP contribution in [-0.2, 0) is 18.9 Å². The second-order valence-corrected chi connectivity index (χ2v) is 8.62. The van der Waals surface area contributed by atoms with Crippen LogP contribution >= 0.6 is 0 Å². The summed E-state index contributed by atoms with van der Waals surface area (Å²) in [6.45, 7) is 6.47. The zero-order chi connectivity index (χ0) is 24.0. The maximum absolute atomic E-state index is 12.5. The highest BCUT2D eigenvalue weighted by atomic mass is 16.6. The van der Waals surface area contributed by atoms with Gasteiger partial charge in [0.15, 0.2) is 0 Å². The summed E-state index contributed by atoms with van der Waals surface area (Å²) in [5.74, 6) is 0.0680. The molecular weight excluding hydrogens is 430 g/mol. The molecule has 3 rings (SSSR count). The third-order valence-corrected chi connectivity index (χ3v) is 6.11. The summed E-state index contributed by atoms with van der Waals surface area (Å²) in [5.41, 5.74) is 4.87. The lowest BCUT2D eigenvalue weighted by molar-refractivity contribution is 0.0105. The Balaban J connectivity index is 1.25. The molecule has 1 aliphatic carbocycles. The number of rotatable bonds is 16. The lowest BCUT2D eigenvalue weighted by atomic mass is 9.98. The molecule has 2 aromatic carbocycles. The van der Waals surface area contributed by atoms with Crippen LogP contribution in [0.4, 0.5) is 4.79 Å². The number of unbranched alkanes of at least 4 members (excludes halogenated alkanes) is 3. The van der Waals surface area contributed by atoms with Gasteiger partial charge in [0.2, 0.25) is 0 Å². The normalized spacial score (nSPS) is 12.4. The van der Waals surface area contributed by atoms with Gasteiger partial charge < -0.3 is 23.8 Å². The van der Waals surface area contributed by atoms with E-state index in [-0.39, 0.29) is 12.0 Å². The Morgan fingerprint density at radius 3 is 1.94 bits per heavy atom. The van der Waals surface area contributed by atoms with E-state index in [2.05, 4.69) is 31.2 Å². The fraction of sp³-hybridized carbons (Fsp3) is 0.536. The summed E-state index contributed by atoms with van der Waals surface area (Å²) < 4.78 is 22.3. The van der Waals surface area contributed by atoms with Crippen LogP contribution < -0.4 is 0 Å². The summed E-state index contributed by atoms with van der Waals surface area (Å²) in [6, 6.07) is 16.7. The lowest BCUT2D eigenvalue weighted by Crippen LogP contribution is -2.32. The molecule has 0 saturated carbocycles. The third-order valence-electron chi connectivity index (χ3n) is 6.11. The van der Waals surface area contributed by atoms with Gasteiger partial charge in [0.25, 0.3) is 0 Å². The van der Waals surface area contributed by atoms with Gasteiger partial charge in [-0.1, -0.05) is 74.7 Å². The molecule has 186 valence electrons. The largest absolute Gasteiger partial charge is 0.448 e. The first-order chi connectivity index (χ1) is 16.7. The second kappa shape index (κ2) is 14.8. The van der Waals surface area contributed by atoms with Crippen molar-refractivity contribution in [2.24, 2.45) is 0 Å². The third kappa shape index (κ3) is 7.83. The van der Waals surface area contributed by atoms with Crippen LogP contribution in [0.15, 0.2) is 48.5 Å². The lowest BCUT2D eigenvalue weighted by Gasteiger charge is -2.19. The number of hydrogen-bond donors (Lipinski definition) is 0. The van der Waals surface area contributed by atoms with Crippen molar-refractivity contribution < 1.29 is 23.7 Å². The Morgan fingerprint density at radius 1 is 0.765 bits per heavy atom. The van der Waals surface area contributed by atoms with Crippen LogP contribution in [-0.4, -0.2) is 70.8 Å². The Kier molecular flexibility index (Phi) is 11.4. The van der Waals surface area contributed by atoms with E-state index in [0.29, 0.717) is 46.2 Å². The van der Waals surface area contributed by atoms with Crippen LogP contribution in [0.25, 0.3) is 11.1 Å². The average Bonchev–Trinajstić information content (AvgIpc) is 3.19. The molecule has 2 aromatic rings. The minimum atomic E-state index is -0.335. The topological polar surface area (TPSA) is 57.2 Å².